The van der Waals surface area contributed by atoms with Crippen molar-refractivity contribution in [2.75, 3.05) is 5.32 Å². The zero-order valence-electron chi connectivity index (χ0n) is 10.7. The summed E-state index contributed by atoms with van der Waals surface area (Å²) in [7, 11) is 0. The van der Waals surface area contributed by atoms with Crippen LogP contribution in [0.1, 0.15) is 5.56 Å². The molecule has 1 N–H and O–H groups in total. The van der Waals surface area contributed by atoms with Gasteiger partial charge in [-0.05, 0) is 34.5 Å². The van der Waals surface area contributed by atoms with Crippen molar-refractivity contribution >= 4 is 16.5 Å². The van der Waals surface area contributed by atoms with Gasteiger partial charge in [-0.3, -0.25) is 0 Å². The second-order valence-electron chi connectivity index (χ2n) is 4.63. The Labute approximate surface area is 115 Å². The highest BCUT2D eigenvalue weighted by atomic mass is 19.1. The first kappa shape index (κ1) is 12.6. The fraction of sp³-hybridized carbons (Fsp3) is 0.0588. The summed E-state index contributed by atoms with van der Waals surface area (Å²) in [6.45, 7) is 0.378. The minimum absolute atomic E-state index is 0.0827. The van der Waals surface area contributed by atoms with Gasteiger partial charge in [0, 0.05) is 6.54 Å². The zero-order valence-corrected chi connectivity index (χ0v) is 10.7. The van der Waals surface area contributed by atoms with Gasteiger partial charge >= 0.3 is 0 Å². The third-order valence-electron chi connectivity index (χ3n) is 3.25. The highest BCUT2D eigenvalue weighted by molar-refractivity contribution is 5.83. The van der Waals surface area contributed by atoms with E-state index in [0.717, 1.165) is 16.3 Å². The highest BCUT2D eigenvalue weighted by Crippen LogP contribution is 2.20. The number of halogens is 2. The molecule has 0 spiro atoms. The lowest BCUT2D eigenvalue weighted by atomic mass is 10.1. The molecule has 0 radical (unpaired) electrons. The van der Waals surface area contributed by atoms with Gasteiger partial charge in [0.2, 0.25) is 0 Å². The van der Waals surface area contributed by atoms with Gasteiger partial charge in [0.1, 0.15) is 17.3 Å². The topological polar surface area (TPSA) is 12.0 Å². The Bertz CT molecular complexity index is 733. The first-order valence-electron chi connectivity index (χ1n) is 6.39. The summed E-state index contributed by atoms with van der Waals surface area (Å²) in [5, 5.41) is 5.07. The second kappa shape index (κ2) is 5.29. The summed E-state index contributed by atoms with van der Waals surface area (Å²) in [4.78, 5) is 0. The number of anilines is 1. The van der Waals surface area contributed by atoms with Gasteiger partial charge < -0.3 is 5.32 Å². The molecular formula is C17H13F2N. The Hall–Kier alpha value is -2.42. The summed E-state index contributed by atoms with van der Waals surface area (Å²) < 4.78 is 27.0. The molecule has 3 aromatic rings. The van der Waals surface area contributed by atoms with E-state index in [1.54, 1.807) is 0 Å². The SMILES string of the molecule is Fc1cccc(F)c1NCc1ccc2ccccc2c1. The number of nitrogens with one attached hydrogen (secondary N) is 1. The molecule has 0 aliphatic carbocycles. The summed E-state index contributed by atoms with van der Waals surface area (Å²) in [6.07, 6.45) is 0. The van der Waals surface area contributed by atoms with Crippen LogP contribution in [0.4, 0.5) is 14.5 Å². The molecule has 3 heteroatoms. The Morgan fingerprint density at radius 2 is 1.45 bits per heavy atom. The van der Waals surface area contributed by atoms with E-state index in [4.69, 9.17) is 0 Å². The number of rotatable bonds is 3. The maximum absolute atomic E-state index is 13.5. The van der Waals surface area contributed by atoms with Crippen LogP contribution in [-0.2, 0) is 6.54 Å². The van der Waals surface area contributed by atoms with E-state index in [1.165, 1.54) is 18.2 Å². The number of para-hydroxylation sites is 1. The largest absolute Gasteiger partial charge is 0.376 e. The summed E-state index contributed by atoms with van der Waals surface area (Å²) in [5.41, 5.74) is 0.895. The van der Waals surface area contributed by atoms with E-state index in [2.05, 4.69) is 5.32 Å². The smallest absolute Gasteiger partial charge is 0.149 e. The molecule has 0 aromatic heterocycles. The molecule has 1 nitrogen and oxygen atoms in total. The van der Waals surface area contributed by atoms with Crippen molar-refractivity contribution < 1.29 is 8.78 Å². The van der Waals surface area contributed by atoms with Crippen LogP contribution >= 0.6 is 0 Å². The number of hydrogen-bond donors (Lipinski definition) is 1. The van der Waals surface area contributed by atoms with Gasteiger partial charge in [-0.1, -0.05) is 42.5 Å². The van der Waals surface area contributed by atoms with Crippen molar-refractivity contribution in [3.63, 3.8) is 0 Å². The quantitative estimate of drug-likeness (QED) is 0.724. The molecule has 0 saturated carbocycles. The molecule has 0 unspecified atom stereocenters. The molecule has 0 bridgehead atoms. The van der Waals surface area contributed by atoms with Crippen LogP contribution in [0.2, 0.25) is 0 Å². The van der Waals surface area contributed by atoms with Gasteiger partial charge in [0.15, 0.2) is 0 Å². The molecule has 3 aromatic carbocycles. The van der Waals surface area contributed by atoms with Gasteiger partial charge in [-0.25, -0.2) is 8.78 Å². The van der Waals surface area contributed by atoms with E-state index in [0.29, 0.717) is 6.54 Å². The predicted molar refractivity (Wildman–Crippen MR) is 77.6 cm³/mol. The fourth-order valence-electron chi connectivity index (χ4n) is 2.21. The second-order valence-corrected chi connectivity index (χ2v) is 4.63. The molecule has 0 aliphatic rings. The third-order valence-corrected chi connectivity index (χ3v) is 3.25. The highest BCUT2D eigenvalue weighted by Gasteiger charge is 2.07. The minimum Gasteiger partial charge on any atom is -0.376 e. The van der Waals surface area contributed by atoms with E-state index >= 15 is 0 Å². The number of fused-ring (bicyclic) bond motifs is 1. The molecular weight excluding hydrogens is 256 g/mol. The lowest BCUT2D eigenvalue weighted by molar-refractivity contribution is 0.588. The molecule has 0 aliphatic heterocycles. The average molecular weight is 269 g/mol. The first-order valence-corrected chi connectivity index (χ1v) is 6.39. The Morgan fingerprint density at radius 1 is 0.750 bits per heavy atom. The Morgan fingerprint density at radius 3 is 2.20 bits per heavy atom. The average Bonchev–Trinajstić information content (AvgIpc) is 2.46. The van der Waals surface area contributed by atoms with Gasteiger partial charge in [0.25, 0.3) is 0 Å². The van der Waals surface area contributed by atoms with Gasteiger partial charge in [-0.2, -0.15) is 0 Å². The monoisotopic (exact) mass is 269 g/mol. The standard InChI is InChI=1S/C17H13F2N/c18-15-6-3-7-16(19)17(15)20-11-12-8-9-13-4-1-2-5-14(13)10-12/h1-10,20H,11H2. The van der Waals surface area contributed by atoms with E-state index < -0.39 is 11.6 Å². The van der Waals surface area contributed by atoms with E-state index in [9.17, 15) is 8.78 Å². The van der Waals surface area contributed by atoms with Crippen LogP contribution in [0.3, 0.4) is 0 Å². The molecule has 3 rings (SSSR count). The molecule has 0 atom stereocenters. The lowest BCUT2D eigenvalue weighted by Gasteiger charge is -2.09. The first-order chi connectivity index (χ1) is 9.74. The molecule has 0 heterocycles. The van der Waals surface area contributed by atoms with Gasteiger partial charge in [-0.15, -0.1) is 0 Å². The maximum Gasteiger partial charge on any atom is 0.149 e. The minimum atomic E-state index is -0.578. The molecule has 0 amide bonds. The molecule has 0 fully saturated rings. The summed E-state index contributed by atoms with van der Waals surface area (Å²) in [6, 6.07) is 17.8. The van der Waals surface area contributed by atoms with Crippen molar-refractivity contribution in [3.8, 4) is 0 Å². The van der Waals surface area contributed by atoms with Crippen LogP contribution in [0, 0.1) is 11.6 Å². The van der Waals surface area contributed by atoms with Crippen LogP contribution in [0.25, 0.3) is 10.8 Å². The number of benzene rings is 3. The lowest BCUT2D eigenvalue weighted by Crippen LogP contribution is -2.03. The third kappa shape index (κ3) is 2.48. The van der Waals surface area contributed by atoms with Crippen molar-refractivity contribution in [2.45, 2.75) is 6.54 Å². The predicted octanol–water partition coefficient (Wildman–Crippen LogP) is 4.73. The summed E-state index contributed by atoms with van der Waals surface area (Å²) >= 11 is 0. The Kier molecular flexibility index (Phi) is 3.33. The normalized spacial score (nSPS) is 10.7. The van der Waals surface area contributed by atoms with Crippen molar-refractivity contribution in [1.82, 2.24) is 0 Å². The van der Waals surface area contributed by atoms with Crippen LogP contribution in [-0.4, -0.2) is 0 Å². The van der Waals surface area contributed by atoms with Crippen LogP contribution < -0.4 is 5.32 Å². The zero-order chi connectivity index (χ0) is 13.9. The van der Waals surface area contributed by atoms with Crippen LogP contribution in [0.15, 0.2) is 60.7 Å². The van der Waals surface area contributed by atoms with E-state index in [1.807, 2.05) is 42.5 Å². The fourth-order valence-corrected chi connectivity index (χ4v) is 2.21. The van der Waals surface area contributed by atoms with Crippen molar-refractivity contribution in [3.05, 3.63) is 77.9 Å². The van der Waals surface area contributed by atoms with Crippen molar-refractivity contribution in [1.29, 1.82) is 0 Å². The maximum atomic E-state index is 13.5. The molecule has 0 saturated heterocycles. The molecule has 100 valence electrons. The van der Waals surface area contributed by atoms with Gasteiger partial charge in [0.05, 0.1) is 0 Å². The van der Waals surface area contributed by atoms with Crippen molar-refractivity contribution in [2.24, 2.45) is 0 Å². The van der Waals surface area contributed by atoms with E-state index in [-0.39, 0.29) is 5.69 Å². The Balaban J connectivity index is 1.83. The molecule has 20 heavy (non-hydrogen) atoms. The summed E-state index contributed by atoms with van der Waals surface area (Å²) in [5.74, 6) is -1.16. The van der Waals surface area contributed by atoms with Crippen LogP contribution in [0.5, 0.6) is 0 Å². The number of hydrogen-bond acceptors (Lipinski definition) is 1.